The number of pyridine rings is 2. The first kappa shape index (κ1) is 28.9. The number of nitrogens with zero attached hydrogens (tertiary/aromatic N) is 10. The summed E-state index contributed by atoms with van der Waals surface area (Å²) in [6.45, 7) is -2.95. The van der Waals surface area contributed by atoms with E-state index in [2.05, 4.69) is 40.7 Å². The van der Waals surface area contributed by atoms with Gasteiger partial charge in [0.25, 0.3) is 6.33 Å². The van der Waals surface area contributed by atoms with Crippen LogP contribution >= 0.6 is 11.6 Å². The number of tetrazole rings is 1. The van der Waals surface area contributed by atoms with E-state index in [4.69, 9.17) is 11.6 Å². The van der Waals surface area contributed by atoms with Gasteiger partial charge in [-0.25, -0.2) is 9.37 Å². The van der Waals surface area contributed by atoms with Crippen LogP contribution in [0.1, 0.15) is 29.5 Å². The molecule has 5 heterocycles. The van der Waals surface area contributed by atoms with E-state index in [9.17, 15) is 22.0 Å². The lowest BCUT2D eigenvalue weighted by Gasteiger charge is -2.18. The van der Waals surface area contributed by atoms with Crippen LogP contribution < -0.4 is 4.68 Å². The van der Waals surface area contributed by atoms with Crippen molar-refractivity contribution >= 4 is 11.6 Å². The summed E-state index contributed by atoms with van der Waals surface area (Å²) in [6, 6.07) is 7.49. The molecule has 0 aliphatic rings. The maximum absolute atomic E-state index is 15.3. The Balaban J connectivity index is 1.40. The van der Waals surface area contributed by atoms with Crippen LogP contribution in [0, 0.1) is 5.82 Å². The summed E-state index contributed by atoms with van der Waals surface area (Å²) in [4.78, 5) is 11.9. The van der Waals surface area contributed by atoms with Crippen LogP contribution in [0.2, 0.25) is 5.02 Å². The molecule has 6 rings (SSSR count). The minimum absolute atomic E-state index is 0.0621. The van der Waals surface area contributed by atoms with Gasteiger partial charge in [0, 0.05) is 30.6 Å². The van der Waals surface area contributed by atoms with E-state index < -0.39 is 30.3 Å². The number of aromatic amines is 1. The number of halogens is 7. The van der Waals surface area contributed by atoms with Crippen molar-refractivity contribution in [1.29, 1.82) is 0 Å². The summed E-state index contributed by atoms with van der Waals surface area (Å²) in [7, 11) is 0. The first-order valence-electron chi connectivity index (χ1n) is 12.6. The van der Waals surface area contributed by atoms with Gasteiger partial charge in [0.15, 0.2) is 16.9 Å². The zero-order valence-corrected chi connectivity index (χ0v) is 22.7. The maximum atomic E-state index is 15.3. The minimum Gasteiger partial charge on any atom is -0.263 e. The number of aromatic nitrogens is 11. The van der Waals surface area contributed by atoms with E-state index in [0.717, 1.165) is 18.6 Å². The lowest BCUT2D eigenvalue weighted by molar-refractivity contribution is -0.659. The Morgan fingerprint density at radius 1 is 0.932 bits per heavy atom. The highest BCUT2D eigenvalue weighted by Crippen LogP contribution is 2.33. The molecule has 0 aliphatic carbocycles. The molecule has 11 nitrogen and oxygen atoms in total. The molecule has 5 aromatic heterocycles. The quantitative estimate of drug-likeness (QED) is 0.185. The summed E-state index contributed by atoms with van der Waals surface area (Å²) in [6.07, 6.45) is 2.99. The molecule has 0 saturated carbocycles. The van der Waals surface area contributed by atoms with Crippen molar-refractivity contribution in [2.75, 3.05) is 0 Å². The normalized spacial score (nSPS) is 12.6. The maximum Gasteiger partial charge on any atom is 0.433 e. The number of alkyl halides is 5. The highest BCUT2D eigenvalue weighted by molar-refractivity contribution is 6.31. The molecule has 44 heavy (non-hydrogen) atoms. The van der Waals surface area contributed by atoms with Crippen molar-refractivity contribution < 1.29 is 31.0 Å². The lowest BCUT2D eigenvalue weighted by atomic mass is 10.0. The molecule has 0 spiro atoms. The van der Waals surface area contributed by atoms with Crippen LogP contribution in [0.15, 0.2) is 73.8 Å². The largest absolute Gasteiger partial charge is 0.433 e. The number of hydrogen-bond acceptors (Lipinski definition) is 7. The standard InChI is InChI=1S/C26H16ClF6N11/c27-17-3-5-19(43-13-37-40-41-43)22(23(17)28)15-2-4-18(34-9-15)20(7-14-1-6-21(35-8-14)26(31,32)33)42-11-16(10-38-42)24-36-12-39-44(24)25(29)30/h1-6,8-13,20,25H,7H2/p+1/t20-/m1/s1. The van der Waals surface area contributed by atoms with E-state index in [1.165, 1.54) is 46.4 Å². The average molecular weight is 633 g/mol. The van der Waals surface area contributed by atoms with Gasteiger partial charge in [0.2, 0.25) is 0 Å². The molecule has 0 amide bonds. The fraction of sp³-hybridized carbons (Fsp3) is 0.154. The topological polar surface area (TPSA) is 120 Å². The van der Waals surface area contributed by atoms with Crippen molar-refractivity contribution in [2.24, 2.45) is 0 Å². The zero-order chi connectivity index (χ0) is 31.0. The number of rotatable bonds is 8. The molecule has 224 valence electrons. The predicted octanol–water partition coefficient (Wildman–Crippen LogP) is 5.03. The Labute approximate surface area is 247 Å². The van der Waals surface area contributed by atoms with Crippen molar-refractivity contribution in [2.45, 2.75) is 25.2 Å². The Hall–Kier alpha value is -5.19. The fourth-order valence-corrected chi connectivity index (χ4v) is 4.71. The van der Waals surface area contributed by atoms with Crippen LogP contribution in [-0.4, -0.2) is 50.0 Å². The Kier molecular flexibility index (Phi) is 7.54. The third-order valence-electron chi connectivity index (χ3n) is 6.61. The second-order valence-electron chi connectivity index (χ2n) is 9.31. The van der Waals surface area contributed by atoms with Crippen LogP contribution in [0.4, 0.5) is 26.3 Å². The highest BCUT2D eigenvalue weighted by atomic mass is 35.5. The third-order valence-corrected chi connectivity index (χ3v) is 6.90. The summed E-state index contributed by atoms with van der Waals surface area (Å²) in [5.41, 5.74) is 0.726. The van der Waals surface area contributed by atoms with E-state index in [1.54, 1.807) is 18.2 Å². The molecular formula is C26H17ClF6N11+. The SMILES string of the molecule is Fc1c(Cl)ccc(-[n+]2cnn[nH]2)c1-c1ccc([C@@H](Cc2ccc(C(F)(F)F)nc2)n2cc(-c3ncnn3C(F)F)cn2)nc1. The molecule has 0 saturated heterocycles. The second kappa shape index (κ2) is 11.5. The van der Waals surface area contributed by atoms with Gasteiger partial charge in [-0.05, 0) is 29.8 Å². The van der Waals surface area contributed by atoms with E-state index in [-0.39, 0.29) is 28.4 Å². The lowest BCUT2D eigenvalue weighted by Crippen LogP contribution is -2.33. The minimum atomic E-state index is -4.62. The van der Waals surface area contributed by atoms with Crippen molar-refractivity contribution in [3.8, 4) is 28.2 Å². The fourth-order valence-electron chi connectivity index (χ4n) is 4.55. The predicted molar refractivity (Wildman–Crippen MR) is 140 cm³/mol. The first-order valence-corrected chi connectivity index (χ1v) is 12.9. The van der Waals surface area contributed by atoms with Crippen LogP contribution in [0.5, 0.6) is 0 Å². The van der Waals surface area contributed by atoms with Crippen LogP contribution in [0.25, 0.3) is 28.2 Å². The van der Waals surface area contributed by atoms with E-state index >= 15 is 4.39 Å². The van der Waals surface area contributed by atoms with Gasteiger partial charge in [-0.15, -0.1) is 4.68 Å². The van der Waals surface area contributed by atoms with Crippen LogP contribution in [-0.2, 0) is 12.6 Å². The molecular weight excluding hydrogens is 616 g/mol. The Morgan fingerprint density at radius 3 is 2.43 bits per heavy atom. The molecule has 18 heteroatoms. The van der Waals surface area contributed by atoms with Crippen molar-refractivity contribution in [1.82, 2.24) is 50.0 Å². The molecule has 6 aromatic rings. The molecule has 1 atom stereocenters. The summed E-state index contributed by atoms with van der Waals surface area (Å²) in [5.74, 6) is -0.854. The number of hydrogen-bond donors (Lipinski definition) is 1. The molecule has 0 bridgehead atoms. The van der Waals surface area contributed by atoms with E-state index in [1.807, 2.05) is 0 Å². The van der Waals surface area contributed by atoms with Gasteiger partial charge in [0.05, 0.1) is 34.1 Å². The summed E-state index contributed by atoms with van der Waals surface area (Å²) in [5, 5.41) is 17.7. The summed E-state index contributed by atoms with van der Waals surface area (Å²) < 4.78 is 84.6. The molecule has 1 N–H and O–H groups in total. The monoisotopic (exact) mass is 632 g/mol. The van der Waals surface area contributed by atoms with Gasteiger partial charge < -0.3 is 0 Å². The van der Waals surface area contributed by atoms with Gasteiger partial charge >= 0.3 is 12.7 Å². The smallest absolute Gasteiger partial charge is 0.263 e. The Bertz CT molecular complexity index is 1890. The van der Waals surface area contributed by atoms with Gasteiger partial charge in [-0.3, -0.25) is 14.6 Å². The number of nitrogens with one attached hydrogen (secondary N) is 1. The number of benzene rings is 1. The molecule has 0 unspecified atom stereocenters. The van der Waals surface area contributed by atoms with Gasteiger partial charge in [-0.2, -0.15) is 36.8 Å². The first-order chi connectivity index (χ1) is 21.1. The zero-order valence-electron chi connectivity index (χ0n) is 21.9. The van der Waals surface area contributed by atoms with E-state index in [0.29, 0.717) is 27.2 Å². The van der Waals surface area contributed by atoms with Crippen molar-refractivity contribution in [3.63, 3.8) is 0 Å². The Morgan fingerprint density at radius 2 is 1.77 bits per heavy atom. The van der Waals surface area contributed by atoms with Gasteiger partial charge in [0.1, 0.15) is 22.8 Å². The highest BCUT2D eigenvalue weighted by Gasteiger charge is 2.32. The third kappa shape index (κ3) is 5.60. The van der Waals surface area contributed by atoms with Crippen molar-refractivity contribution in [3.05, 3.63) is 102 Å². The average Bonchev–Trinajstić information content (AvgIpc) is 3.79. The summed E-state index contributed by atoms with van der Waals surface area (Å²) >= 11 is 6.07. The number of H-pyrrole nitrogens is 1. The van der Waals surface area contributed by atoms with Crippen LogP contribution in [0.3, 0.4) is 0 Å². The molecule has 0 fully saturated rings. The second-order valence-corrected chi connectivity index (χ2v) is 9.72. The molecule has 1 aromatic carbocycles. The molecule has 0 radical (unpaired) electrons. The molecule has 0 aliphatic heterocycles. The van der Waals surface area contributed by atoms with Gasteiger partial charge in [-0.1, -0.05) is 28.9 Å².